The van der Waals surface area contributed by atoms with Gasteiger partial charge in [0.1, 0.15) is 0 Å². The van der Waals surface area contributed by atoms with Gasteiger partial charge in [0.25, 0.3) is 0 Å². The molecule has 1 saturated carbocycles. The Morgan fingerprint density at radius 1 is 1.19 bits per heavy atom. The van der Waals surface area contributed by atoms with Crippen molar-refractivity contribution >= 4 is 5.97 Å². The van der Waals surface area contributed by atoms with Gasteiger partial charge in [0, 0.05) is 5.92 Å². The normalized spacial score (nSPS) is 33.2. The summed E-state index contributed by atoms with van der Waals surface area (Å²) in [6.07, 6.45) is 4.46. The van der Waals surface area contributed by atoms with Crippen LogP contribution >= 0.6 is 0 Å². The van der Waals surface area contributed by atoms with Crippen LogP contribution in [-0.4, -0.2) is 12.6 Å². The van der Waals surface area contributed by atoms with E-state index in [9.17, 15) is 4.79 Å². The highest BCUT2D eigenvalue weighted by molar-refractivity contribution is 5.85. The molecule has 1 aromatic carbocycles. The summed E-state index contributed by atoms with van der Waals surface area (Å²) in [6, 6.07) is 10.2. The Hall–Kier alpha value is -1.31. The van der Waals surface area contributed by atoms with Gasteiger partial charge in [-0.3, -0.25) is 4.79 Å². The third-order valence-corrected chi connectivity index (χ3v) is 4.14. The molecule has 0 aromatic heterocycles. The van der Waals surface area contributed by atoms with Crippen LogP contribution in [0.5, 0.6) is 0 Å². The molecule has 1 aliphatic heterocycles. The first-order chi connectivity index (χ1) is 7.84. The molecule has 2 heteroatoms. The van der Waals surface area contributed by atoms with Crippen molar-refractivity contribution < 1.29 is 9.53 Å². The molecule has 2 atom stereocenters. The topological polar surface area (TPSA) is 26.3 Å². The van der Waals surface area contributed by atoms with Gasteiger partial charge >= 0.3 is 5.97 Å². The van der Waals surface area contributed by atoms with E-state index in [4.69, 9.17) is 4.74 Å². The first kappa shape index (κ1) is 9.88. The number of esters is 1. The van der Waals surface area contributed by atoms with Gasteiger partial charge in [0.15, 0.2) is 0 Å². The van der Waals surface area contributed by atoms with Gasteiger partial charge in [-0.25, -0.2) is 0 Å². The zero-order chi connectivity index (χ0) is 11.0. The number of benzene rings is 1. The number of rotatable bonds is 1. The van der Waals surface area contributed by atoms with Crippen LogP contribution in [0.1, 0.15) is 31.2 Å². The fourth-order valence-corrected chi connectivity index (χ4v) is 3.28. The van der Waals surface area contributed by atoms with Crippen LogP contribution in [0, 0.1) is 5.92 Å². The zero-order valence-electron chi connectivity index (χ0n) is 9.32. The van der Waals surface area contributed by atoms with E-state index in [-0.39, 0.29) is 11.4 Å². The first-order valence-corrected chi connectivity index (χ1v) is 6.07. The van der Waals surface area contributed by atoms with Crippen LogP contribution in [0.3, 0.4) is 0 Å². The van der Waals surface area contributed by atoms with Crippen LogP contribution in [0.4, 0.5) is 0 Å². The van der Waals surface area contributed by atoms with E-state index in [0.29, 0.717) is 12.5 Å². The minimum atomic E-state index is -0.320. The second-order valence-electron chi connectivity index (χ2n) is 4.88. The fourth-order valence-electron chi connectivity index (χ4n) is 3.28. The molecule has 1 heterocycles. The molecule has 1 aromatic rings. The molecule has 0 N–H and O–H groups in total. The Morgan fingerprint density at radius 2 is 2.00 bits per heavy atom. The maximum atomic E-state index is 12.1. The standard InChI is InChI=1S/C14H16O2/c15-13-14(11-6-2-1-3-7-11)9-5-4-8-12(14)10-16-13/h1-3,6-7,12H,4-5,8-10H2/t12?,14-/m1/s1. The van der Waals surface area contributed by atoms with Crippen molar-refractivity contribution in [1.29, 1.82) is 0 Å². The highest BCUT2D eigenvalue weighted by Crippen LogP contribution is 2.48. The van der Waals surface area contributed by atoms with Crippen LogP contribution in [0.2, 0.25) is 0 Å². The summed E-state index contributed by atoms with van der Waals surface area (Å²) in [5, 5.41) is 0. The van der Waals surface area contributed by atoms with Gasteiger partial charge in [-0.2, -0.15) is 0 Å². The Kier molecular flexibility index (Phi) is 2.23. The molecular formula is C14H16O2. The van der Waals surface area contributed by atoms with Crippen molar-refractivity contribution in [2.24, 2.45) is 5.92 Å². The minimum Gasteiger partial charge on any atom is -0.465 e. The summed E-state index contributed by atoms with van der Waals surface area (Å²) >= 11 is 0. The van der Waals surface area contributed by atoms with Gasteiger partial charge < -0.3 is 4.74 Å². The third-order valence-electron chi connectivity index (χ3n) is 4.14. The molecule has 2 nitrogen and oxygen atoms in total. The predicted octanol–water partition coefficient (Wildman–Crippen LogP) is 2.67. The number of hydrogen-bond donors (Lipinski definition) is 0. The Labute approximate surface area is 95.6 Å². The molecule has 0 bridgehead atoms. The van der Waals surface area contributed by atoms with E-state index in [2.05, 4.69) is 12.1 Å². The fraction of sp³-hybridized carbons (Fsp3) is 0.500. The van der Waals surface area contributed by atoms with E-state index >= 15 is 0 Å². The highest BCUT2D eigenvalue weighted by Gasteiger charge is 2.54. The Bertz CT molecular complexity index is 398. The van der Waals surface area contributed by atoms with Crippen LogP contribution < -0.4 is 0 Å². The molecule has 2 aliphatic rings. The van der Waals surface area contributed by atoms with Gasteiger partial charge in [-0.15, -0.1) is 0 Å². The average Bonchev–Trinajstić information content (AvgIpc) is 2.70. The largest absolute Gasteiger partial charge is 0.465 e. The van der Waals surface area contributed by atoms with Crippen LogP contribution in [0.25, 0.3) is 0 Å². The first-order valence-electron chi connectivity index (χ1n) is 6.07. The molecule has 1 saturated heterocycles. The van der Waals surface area contributed by atoms with Crippen molar-refractivity contribution in [1.82, 2.24) is 0 Å². The van der Waals surface area contributed by atoms with Crippen molar-refractivity contribution in [3.05, 3.63) is 35.9 Å². The van der Waals surface area contributed by atoms with E-state index in [0.717, 1.165) is 24.8 Å². The number of carbonyl (C=O) groups is 1. The number of fused-ring (bicyclic) bond motifs is 1. The maximum Gasteiger partial charge on any atom is 0.316 e. The second kappa shape index (κ2) is 3.62. The van der Waals surface area contributed by atoms with Gasteiger partial charge in [-0.1, -0.05) is 43.2 Å². The monoisotopic (exact) mass is 216 g/mol. The lowest BCUT2D eigenvalue weighted by molar-refractivity contribution is -0.143. The molecule has 0 amide bonds. The third kappa shape index (κ3) is 1.22. The summed E-state index contributed by atoms with van der Waals surface area (Å²) in [6.45, 7) is 0.619. The lowest BCUT2D eigenvalue weighted by Gasteiger charge is -2.35. The number of carbonyl (C=O) groups excluding carboxylic acids is 1. The van der Waals surface area contributed by atoms with E-state index in [1.165, 1.54) is 6.42 Å². The van der Waals surface area contributed by atoms with Gasteiger partial charge in [-0.05, 0) is 18.4 Å². The summed E-state index contributed by atoms with van der Waals surface area (Å²) in [7, 11) is 0. The van der Waals surface area contributed by atoms with Gasteiger partial charge in [0.05, 0.1) is 12.0 Å². The molecule has 0 spiro atoms. The second-order valence-corrected chi connectivity index (χ2v) is 4.88. The van der Waals surface area contributed by atoms with Gasteiger partial charge in [0.2, 0.25) is 0 Å². The smallest absolute Gasteiger partial charge is 0.316 e. The summed E-state index contributed by atoms with van der Waals surface area (Å²) < 4.78 is 5.32. The van der Waals surface area contributed by atoms with Crippen molar-refractivity contribution in [2.75, 3.05) is 6.61 Å². The van der Waals surface area contributed by atoms with E-state index in [1.54, 1.807) is 0 Å². The molecule has 3 rings (SSSR count). The van der Waals surface area contributed by atoms with E-state index in [1.807, 2.05) is 18.2 Å². The molecule has 1 unspecified atom stereocenters. The summed E-state index contributed by atoms with van der Waals surface area (Å²) in [5.41, 5.74) is 0.835. The average molecular weight is 216 g/mol. The zero-order valence-corrected chi connectivity index (χ0v) is 9.32. The molecule has 84 valence electrons. The molecule has 0 radical (unpaired) electrons. The highest BCUT2D eigenvalue weighted by atomic mass is 16.5. The number of cyclic esters (lactones) is 1. The molecule has 1 aliphatic carbocycles. The minimum absolute atomic E-state index is 0.00315. The van der Waals surface area contributed by atoms with Crippen molar-refractivity contribution in [3.8, 4) is 0 Å². The predicted molar refractivity (Wildman–Crippen MR) is 61.0 cm³/mol. The number of hydrogen-bond acceptors (Lipinski definition) is 2. The lowest BCUT2D eigenvalue weighted by atomic mass is 9.64. The van der Waals surface area contributed by atoms with E-state index < -0.39 is 0 Å². The maximum absolute atomic E-state index is 12.1. The Morgan fingerprint density at radius 3 is 2.81 bits per heavy atom. The SMILES string of the molecule is O=C1OCC2CCCC[C@]12c1ccccc1. The molecule has 16 heavy (non-hydrogen) atoms. The van der Waals surface area contributed by atoms with Crippen molar-refractivity contribution in [2.45, 2.75) is 31.1 Å². The molecular weight excluding hydrogens is 200 g/mol. The van der Waals surface area contributed by atoms with Crippen LogP contribution in [-0.2, 0) is 14.9 Å². The lowest BCUT2D eigenvalue weighted by Crippen LogP contribution is -2.40. The molecule has 2 fully saturated rings. The Balaban J connectivity index is 2.09. The van der Waals surface area contributed by atoms with Crippen molar-refractivity contribution in [3.63, 3.8) is 0 Å². The summed E-state index contributed by atoms with van der Waals surface area (Å²) in [4.78, 5) is 12.1. The van der Waals surface area contributed by atoms with Crippen LogP contribution in [0.15, 0.2) is 30.3 Å². The summed E-state index contributed by atoms with van der Waals surface area (Å²) in [5.74, 6) is 0.402. The number of ether oxygens (including phenoxy) is 1. The quantitative estimate of drug-likeness (QED) is 0.675.